The van der Waals surface area contributed by atoms with E-state index < -0.39 is 23.8 Å². The Balaban J connectivity index is 2.10. The number of hydrogen-bond acceptors (Lipinski definition) is 4. The summed E-state index contributed by atoms with van der Waals surface area (Å²) in [5.41, 5.74) is 0. The Morgan fingerprint density at radius 2 is 1.70 bits per heavy atom. The molecule has 1 aliphatic heterocycles. The van der Waals surface area contributed by atoms with E-state index in [0.29, 0.717) is 11.8 Å². The monoisotopic (exact) mass is 432 g/mol. The van der Waals surface area contributed by atoms with Crippen molar-refractivity contribution >= 4 is 23.4 Å². The van der Waals surface area contributed by atoms with Crippen LogP contribution in [-0.2, 0) is 14.3 Å². The Bertz CT molecular complexity index is 793. The lowest BCUT2D eigenvalue weighted by Gasteiger charge is -2.46. The molecule has 0 saturated heterocycles. The molecule has 0 amide bonds. The van der Waals surface area contributed by atoms with Crippen molar-refractivity contribution in [2.24, 2.45) is 41.4 Å². The molecule has 4 nitrogen and oxygen atoms in total. The van der Waals surface area contributed by atoms with Gasteiger partial charge in [-0.25, -0.2) is 0 Å². The molecule has 164 valence electrons. The number of halogens is 1. The lowest BCUT2D eigenvalue weighted by atomic mass is 9.58. The molecule has 3 aliphatic rings. The molecule has 0 radical (unpaired) electrons. The van der Waals surface area contributed by atoms with Gasteiger partial charge in [0.25, 0.3) is 0 Å². The van der Waals surface area contributed by atoms with Gasteiger partial charge in [-0.1, -0.05) is 68.7 Å². The Morgan fingerprint density at radius 3 is 2.43 bits per heavy atom. The van der Waals surface area contributed by atoms with Crippen molar-refractivity contribution < 1.29 is 19.4 Å². The molecular formula is C25H33ClO4. The molecule has 8 atom stereocenters. The van der Waals surface area contributed by atoms with Crippen molar-refractivity contribution in [1.82, 2.24) is 0 Å². The first-order valence-corrected chi connectivity index (χ1v) is 11.5. The van der Waals surface area contributed by atoms with Gasteiger partial charge in [-0.3, -0.25) is 9.59 Å². The zero-order valence-electron chi connectivity index (χ0n) is 18.3. The second kappa shape index (κ2) is 9.55. The summed E-state index contributed by atoms with van der Waals surface area (Å²) in [7, 11) is 0. The van der Waals surface area contributed by atoms with E-state index in [9.17, 15) is 14.7 Å². The van der Waals surface area contributed by atoms with Gasteiger partial charge in [0, 0.05) is 5.92 Å². The van der Waals surface area contributed by atoms with Crippen LogP contribution in [0, 0.1) is 41.4 Å². The maximum Gasteiger partial charge on any atom is 0.317 e. The second-order valence-electron chi connectivity index (χ2n) is 9.19. The van der Waals surface area contributed by atoms with Crippen LogP contribution in [0.3, 0.4) is 0 Å². The normalized spacial score (nSPS) is 40.4. The van der Waals surface area contributed by atoms with E-state index in [1.807, 2.05) is 12.2 Å². The highest BCUT2D eigenvalue weighted by molar-refractivity contribution is 6.44. The number of carbonyl (C=O) groups is 2. The van der Waals surface area contributed by atoms with Crippen molar-refractivity contribution in [2.45, 2.75) is 53.1 Å². The van der Waals surface area contributed by atoms with Gasteiger partial charge in [0.2, 0.25) is 0 Å². The van der Waals surface area contributed by atoms with Crippen molar-refractivity contribution in [1.29, 1.82) is 0 Å². The number of rotatable bonds is 0. The highest BCUT2D eigenvalue weighted by Crippen LogP contribution is 2.50. The molecule has 1 fully saturated rings. The van der Waals surface area contributed by atoms with E-state index in [0.717, 1.165) is 12.8 Å². The van der Waals surface area contributed by atoms with Gasteiger partial charge in [-0.2, -0.15) is 0 Å². The first-order valence-electron chi connectivity index (χ1n) is 11.1. The molecule has 0 aromatic carbocycles. The summed E-state index contributed by atoms with van der Waals surface area (Å²) in [6, 6.07) is 0. The Kier molecular flexibility index (Phi) is 7.28. The topological polar surface area (TPSA) is 63.6 Å². The predicted molar refractivity (Wildman–Crippen MR) is 119 cm³/mol. The first kappa shape index (κ1) is 22.9. The third kappa shape index (κ3) is 4.59. The molecule has 1 heterocycles. The third-order valence-electron chi connectivity index (χ3n) is 7.08. The van der Waals surface area contributed by atoms with Crippen LogP contribution in [0.5, 0.6) is 0 Å². The third-order valence-corrected chi connectivity index (χ3v) is 7.46. The van der Waals surface area contributed by atoms with Crippen LogP contribution in [0.2, 0.25) is 0 Å². The summed E-state index contributed by atoms with van der Waals surface area (Å²) in [6.07, 6.45) is 15.1. The predicted octanol–water partition coefficient (Wildman–Crippen LogP) is 5.75. The summed E-state index contributed by atoms with van der Waals surface area (Å²) in [6.45, 7) is 7.58. The fraction of sp³-hybridized carbons (Fsp3) is 0.600. The quantitative estimate of drug-likeness (QED) is 0.301. The number of Topliss-reactive ketones (excluding diaryl/α,β-unsaturated/α-hetero) is 1. The van der Waals surface area contributed by atoms with Crippen LogP contribution in [0.15, 0.2) is 47.2 Å². The number of cyclic esters (lactones) is 1. The minimum absolute atomic E-state index is 0.0284. The van der Waals surface area contributed by atoms with Crippen molar-refractivity contribution in [3.05, 3.63) is 47.2 Å². The molecule has 0 bridgehead atoms. The molecule has 0 aromatic rings. The molecule has 30 heavy (non-hydrogen) atoms. The smallest absolute Gasteiger partial charge is 0.317 e. The van der Waals surface area contributed by atoms with Crippen LogP contribution >= 0.6 is 11.6 Å². The maximum absolute atomic E-state index is 12.9. The number of carbonyl (C=O) groups excluding carboxylic acids is 2. The van der Waals surface area contributed by atoms with Crippen molar-refractivity contribution in [3.63, 3.8) is 0 Å². The highest BCUT2D eigenvalue weighted by atomic mass is 35.5. The summed E-state index contributed by atoms with van der Waals surface area (Å²) in [5.74, 6) is -1.42. The summed E-state index contributed by atoms with van der Waals surface area (Å²) in [4.78, 5) is 25.3. The average Bonchev–Trinajstić information content (AvgIpc) is 2.73. The number of fused-ring (bicyclic) bond motifs is 3. The van der Waals surface area contributed by atoms with E-state index in [4.69, 9.17) is 16.3 Å². The van der Waals surface area contributed by atoms with Crippen LogP contribution in [0.1, 0.15) is 47.0 Å². The SMILES string of the molecule is C[C@@H]1C(=O)O[C@@H](C)C=CC=C[C@@H](C)[C@@H]2C=C[C@@H]3CCC[C@@H](C)[C@H]3[C@@H]2C(O)=C(Cl)C1=O. The van der Waals surface area contributed by atoms with Gasteiger partial charge < -0.3 is 9.84 Å². The van der Waals surface area contributed by atoms with Gasteiger partial charge in [-0.05, 0) is 55.9 Å². The van der Waals surface area contributed by atoms with Crippen LogP contribution in [0.25, 0.3) is 0 Å². The molecule has 1 saturated carbocycles. The van der Waals surface area contributed by atoms with Crippen LogP contribution in [0.4, 0.5) is 0 Å². The highest BCUT2D eigenvalue weighted by Gasteiger charge is 2.45. The number of aliphatic hydroxyl groups is 1. The summed E-state index contributed by atoms with van der Waals surface area (Å²) >= 11 is 6.45. The Hall–Kier alpha value is -1.81. The minimum atomic E-state index is -1.07. The standard InChI is InChI=1S/C25H33ClO4/c1-14-8-5-6-10-16(3)30-25(29)17(4)23(27)22(26)24(28)21-19(14)13-12-18-11-7-9-15(2)20(18)21/h5-6,8,10,12-21,28H,7,9,11H2,1-4H3/t14-,15-,16+,17+,18+,19+,20-,21-/m1/s1. The van der Waals surface area contributed by atoms with Crippen molar-refractivity contribution in [2.75, 3.05) is 0 Å². The second-order valence-corrected chi connectivity index (χ2v) is 9.57. The Morgan fingerprint density at radius 1 is 1.00 bits per heavy atom. The molecule has 3 rings (SSSR count). The fourth-order valence-electron chi connectivity index (χ4n) is 5.32. The molecule has 1 N–H and O–H groups in total. The van der Waals surface area contributed by atoms with Gasteiger partial charge in [-0.15, -0.1) is 0 Å². The fourth-order valence-corrected chi connectivity index (χ4v) is 5.61. The number of ether oxygens (including phenoxy) is 1. The number of ketones is 1. The number of hydrogen-bond donors (Lipinski definition) is 1. The molecule has 0 spiro atoms. The van der Waals surface area contributed by atoms with Gasteiger partial charge in [0.1, 0.15) is 22.8 Å². The molecule has 0 aromatic heterocycles. The van der Waals surface area contributed by atoms with E-state index in [1.54, 1.807) is 13.0 Å². The Labute approximate surface area is 184 Å². The maximum atomic E-state index is 12.9. The van der Waals surface area contributed by atoms with E-state index in [-0.39, 0.29) is 34.5 Å². The number of esters is 1. The zero-order valence-corrected chi connectivity index (χ0v) is 19.0. The van der Waals surface area contributed by atoms with Gasteiger partial charge >= 0.3 is 5.97 Å². The van der Waals surface area contributed by atoms with E-state index in [1.165, 1.54) is 13.3 Å². The molecular weight excluding hydrogens is 400 g/mol. The lowest BCUT2D eigenvalue weighted by Crippen LogP contribution is -2.41. The largest absolute Gasteiger partial charge is 0.510 e. The number of allylic oxidation sites excluding steroid dienone is 7. The van der Waals surface area contributed by atoms with Gasteiger partial charge in [0.05, 0.1) is 0 Å². The summed E-state index contributed by atoms with van der Waals surface area (Å²) < 4.78 is 5.34. The van der Waals surface area contributed by atoms with Crippen LogP contribution < -0.4 is 0 Å². The molecule has 5 heteroatoms. The zero-order chi connectivity index (χ0) is 22.0. The average molecular weight is 433 g/mol. The first-order chi connectivity index (χ1) is 14.2. The van der Waals surface area contributed by atoms with Gasteiger partial charge in [0.15, 0.2) is 5.78 Å². The van der Waals surface area contributed by atoms with E-state index >= 15 is 0 Å². The van der Waals surface area contributed by atoms with E-state index in [2.05, 4.69) is 32.1 Å². The molecule has 0 unspecified atom stereocenters. The number of aliphatic hydroxyl groups excluding tert-OH is 1. The minimum Gasteiger partial charge on any atom is -0.510 e. The van der Waals surface area contributed by atoms with Crippen molar-refractivity contribution in [3.8, 4) is 0 Å². The lowest BCUT2D eigenvalue weighted by molar-refractivity contribution is -0.152. The molecule has 2 aliphatic carbocycles. The van der Waals surface area contributed by atoms with Crippen LogP contribution in [-0.4, -0.2) is 23.0 Å². The summed E-state index contributed by atoms with van der Waals surface area (Å²) in [5, 5.41) is 11.1.